The Labute approximate surface area is 277 Å². The zero-order valence-electron chi connectivity index (χ0n) is 28.2. The number of amides is 4. The fraction of sp³-hybridized carbons (Fsp3) is 0.806. The van der Waals surface area contributed by atoms with Crippen molar-refractivity contribution >= 4 is 35.6 Å². The van der Waals surface area contributed by atoms with Crippen LogP contribution in [0.15, 0.2) is 4.99 Å². The molecular formula is C31H56N8O8. The van der Waals surface area contributed by atoms with E-state index in [0.29, 0.717) is 38.6 Å². The molecule has 1 heterocycles. The van der Waals surface area contributed by atoms with Crippen molar-refractivity contribution in [2.45, 2.75) is 127 Å². The normalized spacial score (nSPS) is 22.8. The second kappa shape index (κ2) is 19.4. The molecule has 0 bridgehead atoms. The Balaban J connectivity index is 2.22. The molecule has 0 aromatic rings. The van der Waals surface area contributed by atoms with Gasteiger partial charge in [0.05, 0.1) is 18.2 Å². The minimum atomic E-state index is -1.53. The number of guanidine groups is 1. The minimum Gasteiger partial charge on any atom is -0.480 e. The highest BCUT2D eigenvalue weighted by Crippen LogP contribution is 2.29. The molecule has 0 unspecified atom stereocenters. The van der Waals surface area contributed by atoms with Crippen molar-refractivity contribution in [2.75, 3.05) is 20.2 Å². The Bertz CT molecular complexity index is 1090. The molecule has 0 aromatic heterocycles. The van der Waals surface area contributed by atoms with Crippen molar-refractivity contribution in [2.24, 2.45) is 34.0 Å². The van der Waals surface area contributed by atoms with Gasteiger partial charge in [0, 0.05) is 20.2 Å². The van der Waals surface area contributed by atoms with Gasteiger partial charge in [0.2, 0.25) is 23.6 Å². The van der Waals surface area contributed by atoms with Crippen LogP contribution in [0.3, 0.4) is 0 Å². The number of methoxy groups -OCH3 is 1. The van der Waals surface area contributed by atoms with Gasteiger partial charge < -0.3 is 53.0 Å². The van der Waals surface area contributed by atoms with Gasteiger partial charge in [0.15, 0.2) is 12.0 Å². The number of hydrogen-bond acceptors (Lipinski definition) is 9. The van der Waals surface area contributed by atoms with Crippen molar-refractivity contribution in [1.29, 1.82) is 0 Å². The average molecular weight is 669 g/mol. The Morgan fingerprint density at radius 2 is 1.60 bits per heavy atom. The molecule has 0 radical (unpaired) electrons. The monoisotopic (exact) mass is 668 g/mol. The predicted molar refractivity (Wildman–Crippen MR) is 175 cm³/mol. The maximum absolute atomic E-state index is 13.9. The fourth-order valence-corrected chi connectivity index (χ4v) is 6.20. The first-order chi connectivity index (χ1) is 22.1. The predicted octanol–water partition coefficient (Wildman–Crippen LogP) is -1.08. The van der Waals surface area contributed by atoms with Crippen molar-refractivity contribution in [3.63, 3.8) is 0 Å². The lowest BCUT2D eigenvalue weighted by Gasteiger charge is -2.33. The number of nitrogens with two attached hydrogens (primary N) is 3. The molecule has 16 heteroatoms. The van der Waals surface area contributed by atoms with Crippen molar-refractivity contribution in [3.05, 3.63) is 0 Å². The van der Waals surface area contributed by atoms with Crippen LogP contribution in [0.25, 0.3) is 0 Å². The van der Waals surface area contributed by atoms with Gasteiger partial charge in [-0.05, 0) is 83.0 Å². The van der Waals surface area contributed by atoms with Gasteiger partial charge in [0.25, 0.3) is 0 Å². The zero-order chi connectivity index (χ0) is 35.3. The number of likely N-dealkylation sites (tertiary alicyclic amines) is 1. The van der Waals surface area contributed by atoms with Crippen LogP contribution in [0, 0.1) is 11.8 Å². The summed E-state index contributed by atoms with van der Waals surface area (Å²) in [4.78, 5) is 70.8. The third-order valence-electron chi connectivity index (χ3n) is 8.84. The molecule has 0 aromatic carbocycles. The summed E-state index contributed by atoms with van der Waals surface area (Å²) in [5, 5.41) is 27.2. The van der Waals surface area contributed by atoms with Gasteiger partial charge in [-0.3, -0.25) is 24.2 Å². The molecule has 268 valence electrons. The van der Waals surface area contributed by atoms with Crippen LogP contribution >= 0.6 is 0 Å². The van der Waals surface area contributed by atoms with Gasteiger partial charge in [-0.25, -0.2) is 4.79 Å². The van der Waals surface area contributed by atoms with E-state index >= 15 is 0 Å². The SMILES string of the molecule is COC1CCC(C[C@H](NC(=O)[C@@H](N)CCCN=C(N)N)C(=O)N[C@@H](CC(C)C)C(=O)N2CCC[C@H]2C(=O)N[C@H](C(=O)O)[C@@H](C)O)CC1. The van der Waals surface area contributed by atoms with E-state index in [9.17, 15) is 34.2 Å². The van der Waals surface area contributed by atoms with Crippen LogP contribution in [-0.2, 0) is 28.7 Å². The summed E-state index contributed by atoms with van der Waals surface area (Å²) in [5.41, 5.74) is 16.9. The maximum Gasteiger partial charge on any atom is 0.328 e. The number of aliphatic imine (C=N–C) groups is 1. The number of carbonyl (C=O) groups excluding carboxylic acids is 4. The number of ether oxygens (including phenoxy) is 1. The summed E-state index contributed by atoms with van der Waals surface area (Å²) in [6.07, 6.45) is 4.26. The van der Waals surface area contributed by atoms with Gasteiger partial charge >= 0.3 is 5.97 Å². The van der Waals surface area contributed by atoms with Crippen molar-refractivity contribution in [1.82, 2.24) is 20.9 Å². The molecule has 11 N–H and O–H groups in total. The second-order valence-corrected chi connectivity index (χ2v) is 13.2. The molecule has 1 saturated carbocycles. The first-order valence-electron chi connectivity index (χ1n) is 16.6. The topological polar surface area (TPSA) is 265 Å². The molecule has 16 nitrogen and oxygen atoms in total. The molecule has 6 atom stereocenters. The summed E-state index contributed by atoms with van der Waals surface area (Å²) in [6, 6.07) is -5.36. The van der Waals surface area contributed by atoms with Gasteiger partial charge in [0.1, 0.15) is 18.1 Å². The lowest BCUT2D eigenvalue weighted by Crippen LogP contribution is -2.59. The van der Waals surface area contributed by atoms with Crippen LogP contribution in [0.5, 0.6) is 0 Å². The number of carboxylic acid groups (broad SMARTS) is 1. The molecule has 1 aliphatic heterocycles. The highest BCUT2D eigenvalue weighted by atomic mass is 16.5. The molecule has 2 aliphatic rings. The summed E-state index contributed by atoms with van der Waals surface area (Å²) >= 11 is 0. The molecular weight excluding hydrogens is 612 g/mol. The second-order valence-electron chi connectivity index (χ2n) is 13.2. The summed E-state index contributed by atoms with van der Waals surface area (Å²) in [5.74, 6) is -3.53. The molecule has 1 aliphatic carbocycles. The van der Waals surface area contributed by atoms with E-state index in [1.165, 1.54) is 11.8 Å². The lowest BCUT2D eigenvalue weighted by molar-refractivity contribution is -0.147. The molecule has 47 heavy (non-hydrogen) atoms. The maximum atomic E-state index is 13.9. The summed E-state index contributed by atoms with van der Waals surface area (Å²) < 4.78 is 5.48. The fourth-order valence-electron chi connectivity index (χ4n) is 6.20. The molecule has 0 spiro atoms. The third-order valence-corrected chi connectivity index (χ3v) is 8.84. The number of aliphatic hydroxyl groups is 1. The number of carbonyl (C=O) groups is 5. The Kier molecular flexibility index (Phi) is 16.3. The van der Waals surface area contributed by atoms with E-state index in [1.807, 2.05) is 13.8 Å². The third kappa shape index (κ3) is 12.9. The summed E-state index contributed by atoms with van der Waals surface area (Å²) in [7, 11) is 1.67. The first kappa shape index (κ1) is 39.7. The van der Waals surface area contributed by atoms with Crippen LogP contribution in [0.1, 0.15) is 85.0 Å². The highest BCUT2D eigenvalue weighted by molar-refractivity contribution is 5.95. The zero-order valence-corrected chi connectivity index (χ0v) is 28.2. The highest BCUT2D eigenvalue weighted by Gasteiger charge is 2.40. The largest absolute Gasteiger partial charge is 0.480 e. The Morgan fingerprint density at radius 3 is 2.15 bits per heavy atom. The number of aliphatic hydroxyl groups excluding tert-OH is 1. The standard InChI is InChI=1S/C31H56N8O8/c1-17(2)15-23(29(44)39-14-6-8-24(39)28(43)38-25(18(3)40)30(45)46)37-27(42)22(16-19-9-11-20(47-4)12-10-19)36-26(41)21(32)7-5-13-35-31(33)34/h17-25,40H,5-16,32H2,1-4H3,(H,36,41)(H,37,42)(H,38,43)(H,45,46)(H4,33,34,35)/t18-,19?,20?,21+,22+,23+,24+,25+/m1/s1. The van der Waals surface area contributed by atoms with Crippen LogP contribution in [0.2, 0.25) is 0 Å². The summed E-state index contributed by atoms with van der Waals surface area (Å²) in [6.45, 7) is 5.60. The molecule has 1 saturated heterocycles. The number of rotatable bonds is 18. The first-order valence-corrected chi connectivity index (χ1v) is 16.6. The number of aliphatic carboxylic acids is 1. The van der Waals surface area contributed by atoms with E-state index in [1.54, 1.807) is 7.11 Å². The molecule has 2 fully saturated rings. The number of carboxylic acids is 1. The quantitative estimate of drug-likeness (QED) is 0.0494. The van der Waals surface area contributed by atoms with E-state index < -0.39 is 65.9 Å². The van der Waals surface area contributed by atoms with E-state index in [0.717, 1.165) is 25.7 Å². The smallest absolute Gasteiger partial charge is 0.328 e. The van der Waals surface area contributed by atoms with Crippen LogP contribution < -0.4 is 33.2 Å². The molecule has 4 amide bonds. The average Bonchev–Trinajstić information content (AvgIpc) is 3.50. The van der Waals surface area contributed by atoms with Gasteiger partial charge in [-0.2, -0.15) is 0 Å². The van der Waals surface area contributed by atoms with Crippen molar-refractivity contribution in [3.8, 4) is 0 Å². The number of nitrogens with one attached hydrogen (secondary N) is 3. The van der Waals surface area contributed by atoms with Crippen LogP contribution in [0.4, 0.5) is 0 Å². The number of hydrogen-bond donors (Lipinski definition) is 8. The van der Waals surface area contributed by atoms with Gasteiger partial charge in [-0.1, -0.05) is 13.8 Å². The van der Waals surface area contributed by atoms with E-state index in [-0.39, 0.29) is 36.9 Å². The Morgan fingerprint density at radius 1 is 0.957 bits per heavy atom. The van der Waals surface area contributed by atoms with Crippen molar-refractivity contribution < 1.29 is 38.9 Å². The van der Waals surface area contributed by atoms with E-state index in [2.05, 4.69) is 20.9 Å². The lowest BCUT2D eigenvalue weighted by atomic mass is 9.83. The minimum absolute atomic E-state index is 0.0123. The van der Waals surface area contributed by atoms with Crippen LogP contribution in [-0.4, -0.2) is 113 Å². The molecule has 2 rings (SSSR count). The Hall–Kier alpha value is -3.50. The van der Waals surface area contributed by atoms with E-state index in [4.69, 9.17) is 21.9 Å². The van der Waals surface area contributed by atoms with Gasteiger partial charge in [-0.15, -0.1) is 0 Å². The number of nitrogens with zero attached hydrogens (tertiary/aromatic N) is 2.